The Bertz CT molecular complexity index is 876. The topological polar surface area (TPSA) is 81.2 Å². The second-order valence-electron chi connectivity index (χ2n) is 5.67. The van der Waals surface area contributed by atoms with Gasteiger partial charge in [0.25, 0.3) is 0 Å². The summed E-state index contributed by atoms with van der Waals surface area (Å²) >= 11 is 7.40. The Balaban J connectivity index is 1.58. The molecule has 1 atom stereocenters. The van der Waals surface area contributed by atoms with E-state index in [0.29, 0.717) is 34.7 Å². The molecule has 0 bridgehead atoms. The largest absolute Gasteiger partial charge is 0.444 e. The third-order valence-electron chi connectivity index (χ3n) is 3.62. The molecular weight excluding hydrogens is 374 g/mol. The van der Waals surface area contributed by atoms with E-state index in [-0.39, 0.29) is 11.2 Å². The predicted octanol–water partition coefficient (Wildman–Crippen LogP) is 4.94. The van der Waals surface area contributed by atoms with E-state index in [1.165, 1.54) is 11.8 Å². The lowest BCUT2D eigenvalue weighted by atomic mass is 10.2. The fourth-order valence-electron chi connectivity index (χ4n) is 2.30. The molecule has 0 fully saturated rings. The smallest absolute Gasteiger partial charge is 0.238 e. The van der Waals surface area contributed by atoms with Crippen molar-refractivity contribution in [3.8, 4) is 11.5 Å². The maximum atomic E-state index is 12.4. The minimum atomic E-state index is -0.220. The van der Waals surface area contributed by atoms with Crippen LogP contribution in [0.1, 0.15) is 24.8 Å². The molecule has 26 heavy (non-hydrogen) atoms. The summed E-state index contributed by atoms with van der Waals surface area (Å²) in [6.07, 6.45) is 2.30. The summed E-state index contributed by atoms with van der Waals surface area (Å²) in [5.41, 5.74) is 1.64. The molecule has 1 amide bonds. The second-order valence-corrected chi connectivity index (χ2v) is 7.30. The first kappa shape index (κ1) is 18.5. The highest BCUT2D eigenvalue weighted by atomic mass is 35.5. The van der Waals surface area contributed by atoms with Crippen molar-refractivity contribution in [2.75, 3.05) is 5.32 Å². The van der Waals surface area contributed by atoms with Gasteiger partial charge in [0.15, 0.2) is 5.82 Å². The van der Waals surface area contributed by atoms with Crippen LogP contribution >= 0.6 is 23.4 Å². The zero-order chi connectivity index (χ0) is 18.5. The van der Waals surface area contributed by atoms with Crippen molar-refractivity contribution in [3.05, 3.63) is 53.1 Å². The van der Waals surface area contributed by atoms with Crippen molar-refractivity contribution in [1.82, 2.24) is 10.1 Å². The molecule has 0 radical (unpaired) electrons. The number of aromatic nitrogens is 2. The van der Waals surface area contributed by atoms with Crippen LogP contribution in [-0.2, 0) is 10.5 Å². The van der Waals surface area contributed by atoms with E-state index >= 15 is 0 Å². The molecule has 0 spiro atoms. The highest BCUT2D eigenvalue weighted by molar-refractivity contribution is 7.99. The molecule has 2 heterocycles. The van der Waals surface area contributed by atoms with Crippen LogP contribution in [0.4, 0.5) is 5.82 Å². The number of thioether (sulfide) groups is 1. The first-order chi connectivity index (χ1) is 12.5. The third kappa shape index (κ3) is 4.68. The van der Waals surface area contributed by atoms with Crippen molar-refractivity contribution in [1.29, 1.82) is 0 Å². The monoisotopic (exact) mass is 391 g/mol. The molecular formula is C18H18ClN3O3S. The Kier molecular flexibility index (Phi) is 6.00. The Morgan fingerprint density at radius 2 is 2.12 bits per heavy atom. The Hall–Kier alpha value is -2.25. The Labute approximate surface area is 160 Å². The number of amides is 1. The molecule has 1 N–H and O–H groups in total. The van der Waals surface area contributed by atoms with Gasteiger partial charge >= 0.3 is 0 Å². The van der Waals surface area contributed by atoms with Gasteiger partial charge in [-0.1, -0.05) is 23.7 Å². The van der Waals surface area contributed by atoms with Crippen LogP contribution in [0.15, 0.2) is 45.5 Å². The van der Waals surface area contributed by atoms with Crippen LogP contribution in [-0.4, -0.2) is 21.3 Å². The lowest BCUT2D eigenvalue weighted by Gasteiger charge is -2.12. The maximum absolute atomic E-state index is 12.4. The van der Waals surface area contributed by atoms with E-state index in [0.717, 1.165) is 11.3 Å². The summed E-state index contributed by atoms with van der Waals surface area (Å²) in [5.74, 6) is 2.08. The van der Waals surface area contributed by atoms with Gasteiger partial charge in [-0.3, -0.25) is 4.79 Å². The molecule has 0 saturated heterocycles. The summed E-state index contributed by atoms with van der Waals surface area (Å²) < 4.78 is 10.5. The van der Waals surface area contributed by atoms with E-state index in [1.807, 2.05) is 19.1 Å². The lowest BCUT2D eigenvalue weighted by Crippen LogP contribution is -2.24. The number of nitrogens with zero attached hydrogens (tertiary/aromatic N) is 2. The number of rotatable bonds is 7. The zero-order valence-corrected chi connectivity index (χ0v) is 15.9. The van der Waals surface area contributed by atoms with Gasteiger partial charge in [0.05, 0.1) is 10.9 Å². The summed E-state index contributed by atoms with van der Waals surface area (Å²) in [7, 11) is 0. The van der Waals surface area contributed by atoms with E-state index in [9.17, 15) is 4.79 Å². The third-order valence-corrected chi connectivity index (χ3v) is 5.28. The van der Waals surface area contributed by atoms with Gasteiger partial charge in [-0.25, -0.2) is 4.98 Å². The standard InChI is InChI=1S/C18H18ClN3O3S/c1-3-15(17(23)21-16-8-11(2)25-22-16)26-10-14-9-24-18(20-14)12-4-6-13(19)7-5-12/h4-9,15H,3,10H2,1-2H3,(H,21,22,23)/t15-/m1/s1. The van der Waals surface area contributed by atoms with Crippen molar-refractivity contribution >= 4 is 35.1 Å². The molecule has 3 aromatic rings. The molecule has 8 heteroatoms. The van der Waals surface area contributed by atoms with Gasteiger partial charge in [-0.2, -0.15) is 0 Å². The minimum absolute atomic E-state index is 0.104. The molecule has 3 rings (SSSR count). The van der Waals surface area contributed by atoms with Crippen LogP contribution < -0.4 is 5.32 Å². The fourth-order valence-corrected chi connectivity index (χ4v) is 3.37. The van der Waals surface area contributed by atoms with Crippen molar-refractivity contribution in [2.24, 2.45) is 0 Å². The molecule has 0 aliphatic carbocycles. The first-order valence-electron chi connectivity index (χ1n) is 8.11. The average Bonchev–Trinajstić information content (AvgIpc) is 3.25. The predicted molar refractivity (Wildman–Crippen MR) is 102 cm³/mol. The van der Waals surface area contributed by atoms with Gasteiger partial charge < -0.3 is 14.3 Å². The molecule has 6 nitrogen and oxygen atoms in total. The van der Waals surface area contributed by atoms with E-state index in [2.05, 4.69) is 15.5 Å². The van der Waals surface area contributed by atoms with E-state index in [1.54, 1.807) is 31.4 Å². The normalized spacial score (nSPS) is 12.1. The molecule has 2 aromatic heterocycles. The maximum Gasteiger partial charge on any atom is 0.238 e. The Morgan fingerprint density at radius 1 is 1.35 bits per heavy atom. The number of hydrogen-bond acceptors (Lipinski definition) is 6. The highest BCUT2D eigenvalue weighted by Crippen LogP contribution is 2.25. The molecule has 0 saturated carbocycles. The number of hydrogen-bond donors (Lipinski definition) is 1. The van der Waals surface area contributed by atoms with Crippen molar-refractivity contribution in [2.45, 2.75) is 31.3 Å². The lowest BCUT2D eigenvalue weighted by molar-refractivity contribution is -0.115. The summed E-state index contributed by atoms with van der Waals surface area (Å²) in [5, 5.41) is 6.99. The average molecular weight is 392 g/mol. The van der Waals surface area contributed by atoms with Crippen LogP contribution in [0.25, 0.3) is 11.5 Å². The number of nitrogens with one attached hydrogen (secondary N) is 1. The molecule has 0 aliphatic heterocycles. The fraction of sp³-hybridized carbons (Fsp3) is 0.278. The van der Waals surface area contributed by atoms with Crippen LogP contribution in [0.3, 0.4) is 0 Å². The van der Waals surface area contributed by atoms with Gasteiger partial charge in [0.2, 0.25) is 11.8 Å². The SMILES string of the molecule is CC[C@@H](SCc1coc(-c2ccc(Cl)cc2)n1)C(=O)Nc1cc(C)on1. The first-order valence-corrected chi connectivity index (χ1v) is 9.54. The zero-order valence-electron chi connectivity index (χ0n) is 14.4. The van der Waals surface area contributed by atoms with Crippen molar-refractivity contribution < 1.29 is 13.7 Å². The van der Waals surface area contributed by atoms with E-state index in [4.69, 9.17) is 20.5 Å². The minimum Gasteiger partial charge on any atom is -0.444 e. The number of carbonyl (C=O) groups is 1. The molecule has 0 aliphatic rings. The number of benzene rings is 1. The van der Waals surface area contributed by atoms with Crippen LogP contribution in [0, 0.1) is 6.92 Å². The number of aryl methyl sites for hydroxylation is 1. The summed E-state index contributed by atoms with van der Waals surface area (Å²) in [6.45, 7) is 3.74. The second kappa shape index (κ2) is 8.42. The van der Waals surface area contributed by atoms with Gasteiger partial charge in [-0.15, -0.1) is 11.8 Å². The summed E-state index contributed by atoms with van der Waals surface area (Å²) in [4.78, 5) is 16.8. The van der Waals surface area contributed by atoms with Gasteiger partial charge in [0.1, 0.15) is 12.0 Å². The molecule has 0 unspecified atom stereocenters. The molecule has 136 valence electrons. The number of oxazole rings is 1. The highest BCUT2D eigenvalue weighted by Gasteiger charge is 2.19. The van der Waals surface area contributed by atoms with Crippen molar-refractivity contribution in [3.63, 3.8) is 0 Å². The number of halogens is 1. The van der Waals surface area contributed by atoms with Gasteiger partial charge in [-0.05, 0) is 37.6 Å². The number of anilines is 1. The van der Waals surface area contributed by atoms with Gasteiger partial charge in [0, 0.05) is 22.4 Å². The van der Waals surface area contributed by atoms with Crippen LogP contribution in [0.5, 0.6) is 0 Å². The van der Waals surface area contributed by atoms with Crippen LogP contribution in [0.2, 0.25) is 5.02 Å². The van der Waals surface area contributed by atoms with E-state index < -0.39 is 0 Å². The summed E-state index contributed by atoms with van der Waals surface area (Å²) in [6, 6.07) is 8.98. The quantitative estimate of drug-likeness (QED) is 0.614. The number of carbonyl (C=O) groups excluding carboxylic acids is 1. The Morgan fingerprint density at radius 3 is 2.77 bits per heavy atom. The molecule has 1 aromatic carbocycles.